The Labute approximate surface area is 108 Å². The van der Waals surface area contributed by atoms with E-state index in [0.29, 0.717) is 19.5 Å². The molecule has 1 aliphatic rings. The molecule has 1 aliphatic carbocycles. The van der Waals surface area contributed by atoms with Gasteiger partial charge in [-0.1, -0.05) is 6.42 Å². The fourth-order valence-corrected chi connectivity index (χ4v) is 2.50. The zero-order valence-electron chi connectivity index (χ0n) is 11.2. The fourth-order valence-electron chi connectivity index (χ4n) is 2.50. The van der Waals surface area contributed by atoms with Crippen LogP contribution in [0.3, 0.4) is 0 Å². The summed E-state index contributed by atoms with van der Waals surface area (Å²) in [4.78, 5) is 14.0. The minimum absolute atomic E-state index is 0.0801. The molecule has 0 unspecified atom stereocenters. The van der Waals surface area contributed by atoms with Crippen LogP contribution < -0.4 is 5.73 Å². The Balaban J connectivity index is 1.91. The van der Waals surface area contributed by atoms with Crippen LogP contribution in [0.25, 0.3) is 0 Å². The van der Waals surface area contributed by atoms with Crippen LogP contribution in [0.5, 0.6) is 0 Å². The van der Waals surface area contributed by atoms with E-state index in [0.717, 1.165) is 24.2 Å². The maximum atomic E-state index is 12.2. The molecule has 0 radical (unpaired) electrons. The van der Waals surface area contributed by atoms with Gasteiger partial charge in [-0.05, 0) is 37.8 Å². The molecule has 1 amide bonds. The van der Waals surface area contributed by atoms with Crippen molar-refractivity contribution in [2.75, 3.05) is 13.6 Å². The highest BCUT2D eigenvalue weighted by molar-refractivity contribution is 5.76. The van der Waals surface area contributed by atoms with Crippen LogP contribution in [0.2, 0.25) is 0 Å². The Hall–Kier alpha value is -1.29. The highest BCUT2D eigenvalue weighted by atomic mass is 16.3. The van der Waals surface area contributed by atoms with E-state index in [1.807, 2.05) is 20.0 Å². The summed E-state index contributed by atoms with van der Waals surface area (Å²) in [6.07, 6.45) is 5.63. The van der Waals surface area contributed by atoms with Crippen LogP contribution >= 0.6 is 0 Å². The molecule has 0 aliphatic heterocycles. The molecule has 2 rings (SSSR count). The summed E-state index contributed by atoms with van der Waals surface area (Å²) in [6, 6.07) is 1.92. The van der Waals surface area contributed by atoms with Crippen molar-refractivity contribution in [2.24, 2.45) is 11.1 Å². The van der Waals surface area contributed by atoms with Gasteiger partial charge in [0.2, 0.25) is 5.91 Å². The van der Waals surface area contributed by atoms with Gasteiger partial charge in [-0.2, -0.15) is 0 Å². The number of furan rings is 1. The number of hydrogen-bond acceptors (Lipinski definition) is 3. The first-order chi connectivity index (χ1) is 8.56. The average molecular weight is 250 g/mol. The lowest BCUT2D eigenvalue weighted by Crippen LogP contribution is -2.42. The summed E-state index contributed by atoms with van der Waals surface area (Å²) in [5, 5.41) is 0. The molecule has 0 bridgehead atoms. The minimum Gasteiger partial charge on any atom is -0.469 e. The molecule has 0 spiro atoms. The monoisotopic (exact) mass is 250 g/mol. The SMILES string of the molecule is Cc1occc1CN(C)C(=O)CC1(CN)CCC1. The number of rotatable bonds is 5. The van der Waals surface area contributed by atoms with Crippen molar-refractivity contribution in [3.63, 3.8) is 0 Å². The van der Waals surface area contributed by atoms with E-state index < -0.39 is 0 Å². The second-order valence-corrected chi connectivity index (χ2v) is 5.49. The first kappa shape index (κ1) is 13.1. The van der Waals surface area contributed by atoms with Crippen molar-refractivity contribution < 1.29 is 9.21 Å². The third-order valence-electron chi connectivity index (χ3n) is 4.17. The summed E-state index contributed by atoms with van der Waals surface area (Å²) >= 11 is 0. The lowest BCUT2D eigenvalue weighted by Gasteiger charge is -2.41. The topological polar surface area (TPSA) is 59.5 Å². The van der Waals surface area contributed by atoms with Gasteiger partial charge in [0.15, 0.2) is 0 Å². The van der Waals surface area contributed by atoms with Gasteiger partial charge in [0, 0.05) is 25.6 Å². The lowest BCUT2D eigenvalue weighted by molar-refractivity contribution is -0.134. The molecule has 1 aromatic rings. The van der Waals surface area contributed by atoms with Crippen molar-refractivity contribution in [2.45, 2.75) is 39.2 Å². The minimum atomic E-state index is 0.0801. The second kappa shape index (κ2) is 5.14. The van der Waals surface area contributed by atoms with E-state index in [2.05, 4.69) is 0 Å². The fraction of sp³-hybridized carbons (Fsp3) is 0.643. The van der Waals surface area contributed by atoms with E-state index in [1.54, 1.807) is 11.2 Å². The van der Waals surface area contributed by atoms with Gasteiger partial charge in [0.25, 0.3) is 0 Å². The number of carbonyl (C=O) groups excluding carboxylic acids is 1. The normalized spacial score (nSPS) is 17.3. The molecule has 4 nitrogen and oxygen atoms in total. The zero-order chi connectivity index (χ0) is 13.2. The van der Waals surface area contributed by atoms with Crippen molar-refractivity contribution >= 4 is 5.91 Å². The third-order valence-corrected chi connectivity index (χ3v) is 4.17. The summed E-state index contributed by atoms with van der Waals surface area (Å²) < 4.78 is 5.24. The zero-order valence-corrected chi connectivity index (χ0v) is 11.2. The lowest BCUT2D eigenvalue weighted by atomic mass is 9.66. The van der Waals surface area contributed by atoms with Crippen molar-refractivity contribution in [3.8, 4) is 0 Å². The molecule has 18 heavy (non-hydrogen) atoms. The van der Waals surface area contributed by atoms with Gasteiger partial charge in [-0.25, -0.2) is 0 Å². The second-order valence-electron chi connectivity index (χ2n) is 5.49. The number of nitrogens with zero attached hydrogens (tertiary/aromatic N) is 1. The van der Waals surface area contributed by atoms with Crippen molar-refractivity contribution in [3.05, 3.63) is 23.7 Å². The van der Waals surface area contributed by atoms with Gasteiger partial charge in [-0.15, -0.1) is 0 Å². The van der Waals surface area contributed by atoms with Crippen LogP contribution in [0.1, 0.15) is 37.0 Å². The van der Waals surface area contributed by atoms with Crippen LogP contribution in [-0.4, -0.2) is 24.4 Å². The molecular formula is C14H22N2O2. The van der Waals surface area contributed by atoms with Crippen LogP contribution in [0.15, 0.2) is 16.7 Å². The van der Waals surface area contributed by atoms with Gasteiger partial charge < -0.3 is 15.1 Å². The number of amides is 1. The van der Waals surface area contributed by atoms with Crippen LogP contribution in [-0.2, 0) is 11.3 Å². The maximum absolute atomic E-state index is 12.2. The van der Waals surface area contributed by atoms with Gasteiger partial charge in [-0.3, -0.25) is 4.79 Å². The summed E-state index contributed by atoms with van der Waals surface area (Å²) in [5.74, 6) is 1.06. The summed E-state index contributed by atoms with van der Waals surface area (Å²) in [7, 11) is 1.84. The van der Waals surface area contributed by atoms with Gasteiger partial charge >= 0.3 is 0 Å². The number of carbonyl (C=O) groups is 1. The summed E-state index contributed by atoms with van der Waals surface area (Å²) in [5.41, 5.74) is 6.94. The van der Waals surface area contributed by atoms with E-state index in [-0.39, 0.29) is 11.3 Å². The van der Waals surface area contributed by atoms with Gasteiger partial charge in [0.05, 0.1) is 6.26 Å². The molecular weight excluding hydrogens is 228 g/mol. The largest absolute Gasteiger partial charge is 0.469 e. The van der Waals surface area contributed by atoms with Crippen molar-refractivity contribution in [1.82, 2.24) is 4.90 Å². The molecule has 1 fully saturated rings. The van der Waals surface area contributed by atoms with Crippen LogP contribution in [0.4, 0.5) is 0 Å². The standard InChI is InChI=1S/C14H22N2O2/c1-11-12(4-7-18-11)9-16(2)13(17)8-14(10-15)5-3-6-14/h4,7H,3,5-6,8-10,15H2,1-2H3. The number of nitrogens with two attached hydrogens (primary N) is 1. The Morgan fingerprint density at radius 2 is 2.28 bits per heavy atom. The Bertz CT molecular complexity index is 416. The molecule has 0 atom stereocenters. The van der Waals surface area contributed by atoms with E-state index in [9.17, 15) is 4.79 Å². The first-order valence-corrected chi connectivity index (χ1v) is 6.53. The van der Waals surface area contributed by atoms with E-state index >= 15 is 0 Å². The molecule has 0 aromatic carbocycles. The third kappa shape index (κ3) is 2.58. The average Bonchev–Trinajstić information content (AvgIpc) is 2.69. The predicted molar refractivity (Wildman–Crippen MR) is 69.9 cm³/mol. The predicted octanol–water partition coefficient (Wildman–Crippen LogP) is 2.07. The Kier molecular flexibility index (Phi) is 3.76. The molecule has 0 saturated heterocycles. The Morgan fingerprint density at radius 3 is 2.72 bits per heavy atom. The number of aryl methyl sites for hydroxylation is 1. The summed E-state index contributed by atoms with van der Waals surface area (Å²) in [6.45, 7) is 3.15. The highest BCUT2D eigenvalue weighted by Crippen LogP contribution is 2.43. The molecule has 2 N–H and O–H groups in total. The van der Waals surface area contributed by atoms with E-state index in [1.165, 1.54) is 6.42 Å². The first-order valence-electron chi connectivity index (χ1n) is 6.53. The highest BCUT2D eigenvalue weighted by Gasteiger charge is 2.38. The molecule has 1 aromatic heterocycles. The maximum Gasteiger partial charge on any atom is 0.223 e. The molecule has 4 heteroatoms. The van der Waals surface area contributed by atoms with Gasteiger partial charge in [0.1, 0.15) is 5.76 Å². The smallest absolute Gasteiger partial charge is 0.223 e. The van der Waals surface area contributed by atoms with Crippen LogP contribution in [0, 0.1) is 12.3 Å². The Morgan fingerprint density at radius 1 is 1.56 bits per heavy atom. The van der Waals surface area contributed by atoms with Crippen molar-refractivity contribution in [1.29, 1.82) is 0 Å². The number of hydrogen-bond donors (Lipinski definition) is 1. The molecule has 1 heterocycles. The quantitative estimate of drug-likeness (QED) is 0.870. The molecule has 1 saturated carbocycles. The molecule has 100 valence electrons. The van der Waals surface area contributed by atoms with E-state index in [4.69, 9.17) is 10.2 Å².